The third-order valence-electron chi connectivity index (χ3n) is 5.44. The maximum absolute atomic E-state index is 13.3. The van der Waals surface area contributed by atoms with Gasteiger partial charge in [0.2, 0.25) is 5.54 Å². The zero-order valence-electron chi connectivity index (χ0n) is 16.4. The van der Waals surface area contributed by atoms with E-state index in [0.29, 0.717) is 17.8 Å². The summed E-state index contributed by atoms with van der Waals surface area (Å²) < 4.78 is 0. The molecule has 1 saturated heterocycles. The quantitative estimate of drug-likeness (QED) is 0.624. The van der Waals surface area contributed by atoms with Gasteiger partial charge in [0.1, 0.15) is 0 Å². The van der Waals surface area contributed by atoms with E-state index < -0.39 is 23.4 Å². The molecule has 2 aliphatic rings. The number of hydrogen-bond donors (Lipinski definition) is 2. The van der Waals surface area contributed by atoms with Crippen LogP contribution in [0.3, 0.4) is 0 Å². The van der Waals surface area contributed by atoms with E-state index in [2.05, 4.69) is 43.5 Å². The molecule has 0 aromatic heterocycles. The zero-order valence-corrected chi connectivity index (χ0v) is 16.4. The minimum atomic E-state index is -1.68. The maximum Gasteiger partial charge on any atom is 0.323 e. The van der Waals surface area contributed by atoms with Gasteiger partial charge < -0.3 is 10.2 Å². The van der Waals surface area contributed by atoms with Crippen molar-refractivity contribution in [2.24, 2.45) is 0 Å². The highest BCUT2D eigenvalue weighted by Gasteiger charge is 2.61. The zero-order chi connectivity index (χ0) is 20.3. The van der Waals surface area contributed by atoms with Crippen LogP contribution in [0.2, 0.25) is 0 Å². The molecule has 4 amide bonds. The van der Waals surface area contributed by atoms with Crippen molar-refractivity contribution in [3.63, 3.8) is 0 Å². The molecule has 144 valence electrons. The number of carbonyl (C=O) groups excluding carboxylic acids is 3. The van der Waals surface area contributed by atoms with E-state index >= 15 is 0 Å². The Hall–Kier alpha value is -3.15. The molecule has 2 aromatic carbocycles. The molecule has 0 saturated carbocycles. The SMILES string of the molecule is Cc1ccc2c(c1)C1(NC(=O)NC1=O)C(=O)N2Cc1ccc(C(C)(C)C)cc1. The molecule has 2 N–H and O–H groups in total. The lowest BCUT2D eigenvalue weighted by atomic mass is 9.87. The fourth-order valence-corrected chi connectivity index (χ4v) is 3.86. The van der Waals surface area contributed by atoms with Gasteiger partial charge in [0.05, 0.1) is 12.2 Å². The first-order valence-electron chi connectivity index (χ1n) is 9.29. The number of aryl methyl sites for hydroxylation is 1. The third kappa shape index (κ3) is 2.59. The molecule has 2 aliphatic heterocycles. The van der Waals surface area contributed by atoms with Crippen LogP contribution in [0.1, 0.15) is 43.0 Å². The van der Waals surface area contributed by atoms with Crippen molar-refractivity contribution in [3.05, 3.63) is 64.7 Å². The van der Waals surface area contributed by atoms with Crippen LogP contribution in [0.4, 0.5) is 10.5 Å². The molecular weight excluding hydrogens is 354 g/mol. The van der Waals surface area contributed by atoms with Gasteiger partial charge in [-0.25, -0.2) is 4.79 Å². The number of benzene rings is 2. The Morgan fingerprint density at radius 3 is 2.25 bits per heavy atom. The van der Waals surface area contributed by atoms with Crippen molar-refractivity contribution in [2.75, 3.05) is 4.90 Å². The van der Waals surface area contributed by atoms with Gasteiger partial charge in [-0.3, -0.25) is 14.9 Å². The van der Waals surface area contributed by atoms with E-state index in [1.807, 2.05) is 31.2 Å². The molecule has 1 atom stereocenters. The van der Waals surface area contributed by atoms with Gasteiger partial charge in [-0.2, -0.15) is 0 Å². The lowest BCUT2D eigenvalue weighted by molar-refractivity contribution is -0.134. The first-order chi connectivity index (χ1) is 13.1. The summed E-state index contributed by atoms with van der Waals surface area (Å²) in [5, 5.41) is 4.78. The number of carbonyl (C=O) groups is 3. The Kier molecular flexibility index (Phi) is 3.86. The van der Waals surface area contributed by atoms with Gasteiger partial charge in [0, 0.05) is 5.56 Å². The molecule has 6 heteroatoms. The Morgan fingerprint density at radius 1 is 1.00 bits per heavy atom. The molecule has 1 unspecified atom stereocenters. The van der Waals surface area contributed by atoms with Gasteiger partial charge in [-0.1, -0.05) is 62.7 Å². The Morgan fingerprint density at radius 2 is 1.68 bits per heavy atom. The fourth-order valence-electron chi connectivity index (χ4n) is 3.86. The van der Waals surface area contributed by atoms with Gasteiger partial charge in [0.25, 0.3) is 11.8 Å². The maximum atomic E-state index is 13.3. The number of imide groups is 1. The number of nitrogens with zero attached hydrogens (tertiary/aromatic N) is 1. The van der Waals surface area contributed by atoms with E-state index in [-0.39, 0.29) is 5.41 Å². The predicted molar refractivity (Wildman–Crippen MR) is 106 cm³/mol. The molecule has 0 aliphatic carbocycles. The summed E-state index contributed by atoms with van der Waals surface area (Å²) in [4.78, 5) is 39.4. The van der Waals surface area contributed by atoms with E-state index in [0.717, 1.165) is 11.1 Å². The average Bonchev–Trinajstić information content (AvgIpc) is 3.04. The Balaban J connectivity index is 1.74. The highest BCUT2D eigenvalue weighted by molar-refractivity contribution is 6.27. The van der Waals surface area contributed by atoms with Crippen LogP contribution in [0.25, 0.3) is 0 Å². The standard InChI is InChI=1S/C22H23N3O3/c1-13-5-10-17-16(11-13)22(18(26)23-20(28)24-22)19(27)25(17)12-14-6-8-15(9-7-14)21(2,3)4/h5-11H,12H2,1-4H3,(H2,23,24,26,28). The number of fused-ring (bicyclic) bond motifs is 2. The summed E-state index contributed by atoms with van der Waals surface area (Å²) in [7, 11) is 0. The number of anilines is 1. The van der Waals surface area contributed by atoms with Crippen LogP contribution in [-0.4, -0.2) is 17.8 Å². The Labute approximate surface area is 163 Å². The minimum absolute atomic E-state index is 0.0440. The summed E-state index contributed by atoms with van der Waals surface area (Å²) in [5.74, 6) is -1.06. The summed E-state index contributed by atoms with van der Waals surface area (Å²) in [6.45, 7) is 8.66. The van der Waals surface area contributed by atoms with Crippen LogP contribution in [0.15, 0.2) is 42.5 Å². The number of nitrogens with one attached hydrogen (secondary N) is 2. The number of hydrogen-bond acceptors (Lipinski definition) is 3. The average molecular weight is 377 g/mol. The monoisotopic (exact) mass is 377 g/mol. The first kappa shape index (κ1) is 18.2. The molecule has 2 aromatic rings. The molecule has 1 fully saturated rings. The van der Waals surface area contributed by atoms with Gasteiger partial charge >= 0.3 is 6.03 Å². The molecule has 28 heavy (non-hydrogen) atoms. The van der Waals surface area contributed by atoms with Gasteiger partial charge in [0.15, 0.2) is 0 Å². The Bertz CT molecular complexity index is 1000. The number of amides is 4. The lowest BCUT2D eigenvalue weighted by Gasteiger charge is -2.22. The second-order valence-electron chi connectivity index (χ2n) is 8.52. The molecular formula is C22H23N3O3. The van der Waals surface area contributed by atoms with E-state index in [9.17, 15) is 14.4 Å². The van der Waals surface area contributed by atoms with Crippen molar-refractivity contribution in [1.29, 1.82) is 0 Å². The fraction of sp³-hybridized carbons (Fsp3) is 0.318. The lowest BCUT2D eigenvalue weighted by Crippen LogP contribution is -2.52. The summed E-state index contributed by atoms with van der Waals surface area (Å²) >= 11 is 0. The van der Waals surface area contributed by atoms with Gasteiger partial charge in [-0.15, -0.1) is 0 Å². The summed E-state index contributed by atoms with van der Waals surface area (Å²) in [6, 6.07) is 13.0. The second-order valence-corrected chi connectivity index (χ2v) is 8.52. The van der Waals surface area contributed by atoms with Crippen LogP contribution in [0, 0.1) is 6.92 Å². The second kappa shape index (κ2) is 5.92. The largest absolute Gasteiger partial charge is 0.323 e. The van der Waals surface area contributed by atoms with Crippen LogP contribution in [-0.2, 0) is 27.1 Å². The highest BCUT2D eigenvalue weighted by Crippen LogP contribution is 2.43. The van der Waals surface area contributed by atoms with Gasteiger partial charge in [-0.05, 0) is 29.5 Å². The smallest absolute Gasteiger partial charge is 0.312 e. The molecule has 0 bridgehead atoms. The summed E-state index contributed by atoms with van der Waals surface area (Å²) in [6.07, 6.45) is 0. The van der Waals surface area contributed by atoms with Crippen LogP contribution >= 0.6 is 0 Å². The van der Waals surface area contributed by atoms with E-state index in [1.165, 1.54) is 5.56 Å². The number of rotatable bonds is 2. The van der Waals surface area contributed by atoms with Crippen molar-refractivity contribution >= 4 is 23.5 Å². The molecule has 0 radical (unpaired) electrons. The highest BCUT2D eigenvalue weighted by atomic mass is 16.2. The topological polar surface area (TPSA) is 78.5 Å². The first-order valence-corrected chi connectivity index (χ1v) is 9.29. The van der Waals surface area contributed by atoms with Crippen molar-refractivity contribution < 1.29 is 14.4 Å². The summed E-state index contributed by atoms with van der Waals surface area (Å²) in [5.41, 5.74) is 2.61. The predicted octanol–water partition coefficient (Wildman–Crippen LogP) is 2.87. The number of urea groups is 1. The van der Waals surface area contributed by atoms with Crippen molar-refractivity contribution in [3.8, 4) is 0 Å². The van der Waals surface area contributed by atoms with Crippen molar-refractivity contribution in [2.45, 2.75) is 45.2 Å². The molecule has 2 heterocycles. The normalized spacial score (nSPS) is 21.1. The third-order valence-corrected chi connectivity index (χ3v) is 5.44. The van der Waals surface area contributed by atoms with Crippen LogP contribution < -0.4 is 15.5 Å². The minimum Gasteiger partial charge on any atom is -0.312 e. The van der Waals surface area contributed by atoms with E-state index in [4.69, 9.17) is 0 Å². The van der Waals surface area contributed by atoms with Crippen molar-refractivity contribution in [1.82, 2.24) is 10.6 Å². The molecule has 6 nitrogen and oxygen atoms in total. The van der Waals surface area contributed by atoms with Crippen LogP contribution in [0.5, 0.6) is 0 Å². The molecule has 1 spiro atoms. The van der Waals surface area contributed by atoms with E-state index in [1.54, 1.807) is 11.0 Å². The molecule has 4 rings (SSSR count).